The highest BCUT2D eigenvalue weighted by atomic mass is 19.2. The van der Waals surface area contributed by atoms with Crippen LogP contribution >= 0.6 is 0 Å². The number of hydrogen-bond acceptors (Lipinski definition) is 2. The largest absolute Gasteiger partial charge is 0.326 e. The van der Waals surface area contributed by atoms with Crippen molar-refractivity contribution in [2.45, 2.75) is 51.1 Å². The summed E-state index contributed by atoms with van der Waals surface area (Å²) in [6.45, 7) is 6.26. The van der Waals surface area contributed by atoms with Crippen molar-refractivity contribution in [1.29, 1.82) is 0 Å². The van der Waals surface area contributed by atoms with E-state index in [0.717, 1.165) is 19.2 Å². The fraction of sp³-hybridized carbons (Fsp3) is 0.625. The molecule has 2 N–H and O–H groups in total. The monoisotopic (exact) mass is 282 g/mol. The molecular formula is C16H24F2N2. The van der Waals surface area contributed by atoms with Gasteiger partial charge in [-0.15, -0.1) is 0 Å². The first kappa shape index (κ1) is 15.4. The maximum absolute atomic E-state index is 13.7. The van der Waals surface area contributed by atoms with Gasteiger partial charge >= 0.3 is 0 Å². The lowest BCUT2D eigenvalue weighted by Crippen LogP contribution is -2.58. The fourth-order valence-corrected chi connectivity index (χ4v) is 2.90. The zero-order valence-corrected chi connectivity index (χ0v) is 12.3. The van der Waals surface area contributed by atoms with Gasteiger partial charge in [-0.25, -0.2) is 8.78 Å². The minimum Gasteiger partial charge on any atom is -0.326 e. The Morgan fingerprint density at radius 1 is 1.20 bits per heavy atom. The summed E-state index contributed by atoms with van der Waals surface area (Å²) in [5, 5.41) is 0. The second-order valence-corrected chi connectivity index (χ2v) is 6.22. The molecule has 2 nitrogen and oxygen atoms in total. The van der Waals surface area contributed by atoms with Crippen LogP contribution in [0, 0.1) is 11.6 Å². The summed E-state index contributed by atoms with van der Waals surface area (Å²) >= 11 is 0. The average molecular weight is 282 g/mol. The molecule has 0 aromatic heterocycles. The molecule has 0 radical (unpaired) electrons. The van der Waals surface area contributed by atoms with E-state index < -0.39 is 11.6 Å². The van der Waals surface area contributed by atoms with Crippen LogP contribution in [0.2, 0.25) is 0 Å². The molecule has 0 bridgehead atoms. The number of rotatable bonds is 4. The van der Waals surface area contributed by atoms with Crippen molar-refractivity contribution in [3.63, 3.8) is 0 Å². The Morgan fingerprint density at radius 3 is 2.50 bits per heavy atom. The maximum atomic E-state index is 13.7. The van der Waals surface area contributed by atoms with E-state index in [-0.39, 0.29) is 11.6 Å². The summed E-state index contributed by atoms with van der Waals surface area (Å²) in [6, 6.07) is 4.07. The molecule has 20 heavy (non-hydrogen) atoms. The van der Waals surface area contributed by atoms with E-state index in [9.17, 15) is 8.78 Å². The van der Waals surface area contributed by atoms with Crippen molar-refractivity contribution in [2.75, 3.05) is 13.1 Å². The van der Waals surface area contributed by atoms with Crippen LogP contribution in [0.5, 0.6) is 0 Å². The van der Waals surface area contributed by atoms with E-state index >= 15 is 0 Å². The molecule has 0 spiro atoms. The van der Waals surface area contributed by atoms with E-state index in [1.165, 1.54) is 25.3 Å². The topological polar surface area (TPSA) is 29.3 Å². The Hall–Kier alpha value is -1.00. The van der Waals surface area contributed by atoms with Crippen LogP contribution in [0.3, 0.4) is 0 Å². The molecule has 0 amide bonds. The first-order chi connectivity index (χ1) is 9.43. The molecule has 1 fully saturated rings. The highest BCUT2D eigenvalue weighted by Gasteiger charge is 2.34. The van der Waals surface area contributed by atoms with Crippen molar-refractivity contribution >= 4 is 0 Å². The Balaban J connectivity index is 2.09. The van der Waals surface area contributed by atoms with Crippen molar-refractivity contribution in [3.05, 3.63) is 35.4 Å². The van der Waals surface area contributed by atoms with Crippen LogP contribution in [-0.2, 0) is 6.42 Å². The summed E-state index contributed by atoms with van der Waals surface area (Å²) in [6.07, 6.45) is 3.99. The Kier molecular flexibility index (Phi) is 4.76. The number of benzene rings is 1. The minimum atomic E-state index is -0.800. The molecule has 4 heteroatoms. The van der Waals surface area contributed by atoms with Gasteiger partial charge in [-0.3, -0.25) is 4.90 Å². The summed E-state index contributed by atoms with van der Waals surface area (Å²) in [5.74, 6) is -1.57. The van der Waals surface area contributed by atoms with Crippen LogP contribution in [0.1, 0.15) is 38.7 Å². The van der Waals surface area contributed by atoms with Gasteiger partial charge in [0.05, 0.1) is 0 Å². The predicted octanol–water partition coefficient (Wildman–Crippen LogP) is 3.10. The third-order valence-electron chi connectivity index (χ3n) is 4.55. The van der Waals surface area contributed by atoms with E-state index in [2.05, 4.69) is 18.7 Å². The molecule has 2 rings (SSSR count). The van der Waals surface area contributed by atoms with E-state index in [0.29, 0.717) is 12.0 Å². The SMILES string of the molecule is CC(C)(C(N)Cc1cccc(F)c1F)N1CCCCC1. The van der Waals surface area contributed by atoms with Gasteiger partial charge in [0.2, 0.25) is 0 Å². The zero-order valence-electron chi connectivity index (χ0n) is 12.3. The van der Waals surface area contributed by atoms with Crippen LogP contribution in [0.4, 0.5) is 8.78 Å². The summed E-state index contributed by atoms with van der Waals surface area (Å²) < 4.78 is 27.0. The van der Waals surface area contributed by atoms with Gasteiger partial charge in [-0.2, -0.15) is 0 Å². The molecule has 1 aliphatic rings. The first-order valence-electron chi connectivity index (χ1n) is 7.36. The third-order valence-corrected chi connectivity index (χ3v) is 4.55. The summed E-state index contributed by atoms with van der Waals surface area (Å²) in [7, 11) is 0. The highest BCUT2D eigenvalue weighted by Crippen LogP contribution is 2.25. The van der Waals surface area contributed by atoms with Crippen molar-refractivity contribution < 1.29 is 8.78 Å². The molecule has 1 saturated heterocycles. The molecule has 0 saturated carbocycles. The second kappa shape index (κ2) is 6.19. The van der Waals surface area contributed by atoms with Gasteiger partial charge < -0.3 is 5.73 Å². The molecule has 1 aromatic carbocycles. The molecule has 1 aromatic rings. The van der Waals surface area contributed by atoms with Gasteiger partial charge in [-0.1, -0.05) is 18.6 Å². The smallest absolute Gasteiger partial charge is 0.162 e. The van der Waals surface area contributed by atoms with Crippen molar-refractivity contribution in [2.24, 2.45) is 5.73 Å². The number of piperidine rings is 1. The number of likely N-dealkylation sites (tertiary alicyclic amines) is 1. The van der Waals surface area contributed by atoms with Crippen molar-refractivity contribution in [1.82, 2.24) is 4.90 Å². The molecule has 0 aliphatic carbocycles. The molecule has 1 aliphatic heterocycles. The van der Waals surface area contributed by atoms with Gasteiger partial charge in [0.15, 0.2) is 11.6 Å². The number of halogens is 2. The van der Waals surface area contributed by atoms with Gasteiger partial charge in [-0.05, 0) is 57.8 Å². The predicted molar refractivity (Wildman–Crippen MR) is 77.5 cm³/mol. The lowest BCUT2D eigenvalue weighted by atomic mass is 9.86. The Labute approximate surface area is 120 Å². The fourth-order valence-electron chi connectivity index (χ4n) is 2.90. The average Bonchev–Trinajstić information content (AvgIpc) is 2.44. The molecule has 1 atom stereocenters. The Morgan fingerprint density at radius 2 is 1.85 bits per heavy atom. The zero-order chi connectivity index (χ0) is 14.8. The highest BCUT2D eigenvalue weighted by molar-refractivity contribution is 5.21. The number of hydrogen-bond donors (Lipinski definition) is 1. The quantitative estimate of drug-likeness (QED) is 0.919. The normalized spacial score (nSPS) is 19.1. The maximum Gasteiger partial charge on any atom is 0.162 e. The standard InChI is InChI=1S/C16H24F2N2/c1-16(2,20-9-4-3-5-10-20)14(19)11-12-7-6-8-13(17)15(12)18/h6-8,14H,3-5,9-11,19H2,1-2H3. The molecular weight excluding hydrogens is 258 g/mol. The Bertz CT molecular complexity index is 454. The second-order valence-electron chi connectivity index (χ2n) is 6.22. The van der Waals surface area contributed by atoms with Crippen LogP contribution in [0.25, 0.3) is 0 Å². The van der Waals surface area contributed by atoms with E-state index in [4.69, 9.17) is 5.73 Å². The molecule has 1 heterocycles. The van der Waals surface area contributed by atoms with Gasteiger partial charge in [0.25, 0.3) is 0 Å². The van der Waals surface area contributed by atoms with Crippen LogP contribution in [0.15, 0.2) is 18.2 Å². The molecule has 112 valence electrons. The first-order valence-corrected chi connectivity index (χ1v) is 7.36. The lowest BCUT2D eigenvalue weighted by molar-refractivity contribution is 0.0728. The van der Waals surface area contributed by atoms with Gasteiger partial charge in [0.1, 0.15) is 0 Å². The van der Waals surface area contributed by atoms with E-state index in [1.807, 2.05) is 0 Å². The minimum absolute atomic E-state index is 0.209. The van der Waals surface area contributed by atoms with Gasteiger partial charge in [0, 0.05) is 11.6 Å². The molecule has 1 unspecified atom stereocenters. The third kappa shape index (κ3) is 3.18. The number of nitrogens with zero attached hydrogens (tertiary/aromatic N) is 1. The summed E-state index contributed by atoms with van der Waals surface area (Å²) in [4.78, 5) is 2.37. The number of nitrogens with two attached hydrogens (primary N) is 1. The van der Waals surface area contributed by atoms with Crippen LogP contribution in [-0.4, -0.2) is 29.6 Å². The van der Waals surface area contributed by atoms with E-state index in [1.54, 1.807) is 6.07 Å². The van der Waals surface area contributed by atoms with Crippen LogP contribution < -0.4 is 5.73 Å². The lowest BCUT2D eigenvalue weighted by Gasteiger charge is -2.44. The summed E-state index contributed by atoms with van der Waals surface area (Å²) in [5.41, 5.74) is 6.46. The van der Waals surface area contributed by atoms with Crippen molar-refractivity contribution in [3.8, 4) is 0 Å².